The summed E-state index contributed by atoms with van der Waals surface area (Å²) in [6.07, 6.45) is 5.98. The minimum atomic E-state index is -2.67. The molecular weight excluding hydrogens is 473 g/mol. The lowest BCUT2D eigenvalue weighted by molar-refractivity contribution is 0.188. The molecule has 0 heterocycles. The summed E-state index contributed by atoms with van der Waals surface area (Å²) in [7, 11) is -9.97. The van der Waals surface area contributed by atoms with Crippen LogP contribution in [-0.2, 0) is 21.2 Å². The zero-order valence-corrected chi connectivity index (χ0v) is 27.9. The Kier molecular flexibility index (Phi) is 14.1. The molecule has 0 radical (unpaired) electrons. The molecule has 0 unspecified atom stereocenters. The van der Waals surface area contributed by atoms with Gasteiger partial charge in [-0.15, -0.1) is 0 Å². The van der Waals surface area contributed by atoms with E-state index >= 15 is 0 Å². The number of hydrogen-bond donors (Lipinski definition) is 0. The highest BCUT2D eigenvalue weighted by Crippen LogP contribution is 2.31. The third-order valence-corrected chi connectivity index (χ3v) is 19.5. The van der Waals surface area contributed by atoms with Gasteiger partial charge in [-0.25, -0.2) is 0 Å². The van der Waals surface area contributed by atoms with Gasteiger partial charge in [-0.2, -0.15) is 0 Å². The molecule has 0 amide bonds. The summed E-state index contributed by atoms with van der Waals surface area (Å²) in [4.78, 5) is 0. The van der Waals surface area contributed by atoms with Crippen LogP contribution in [0.3, 0.4) is 0 Å². The third-order valence-electron chi connectivity index (χ3n) is 4.40. The van der Waals surface area contributed by atoms with E-state index in [-0.39, 0.29) is 0 Å². The first-order valence-corrected chi connectivity index (χ1v) is 27.0. The van der Waals surface area contributed by atoms with Crippen molar-refractivity contribution in [3.8, 4) is 0 Å². The number of unbranched alkanes of at least 4 members (excludes halogenated alkanes) is 4. The van der Waals surface area contributed by atoms with Crippen molar-refractivity contribution in [2.75, 3.05) is 13.2 Å². The molecule has 31 heavy (non-hydrogen) atoms. The van der Waals surface area contributed by atoms with E-state index in [1.54, 1.807) is 0 Å². The molecule has 10 heteroatoms. The normalized spacial score (nSPS) is 14.3. The van der Waals surface area contributed by atoms with Gasteiger partial charge in [-0.3, -0.25) is 0 Å². The fraction of sp³-hybridized carbons (Fsp3) is 1.00. The quantitative estimate of drug-likeness (QED) is 0.136. The molecule has 0 rings (SSSR count). The van der Waals surface area contributed by atoms with Gasteiger partial charge in [0, 0.05) is 19.3 Å². The van der Waals surface area contributed by atoms with Gasteiger partial charge in [-0.05, 0) is 91.8 Å². The zero-order valence-electron chi connectivity index (χ0n) is 22.9. The summed E-state index contributed by atoms with van der Waals surface area (Å²) in [6, 6.07) is 2.04. The van der Waals surface area contributed by atoms with Crippen LogP contribution < -0.4 is 0 Å². The predicted octanol–water partition coefficient (Wildman–Crippen LogP) is 7.58. The molecule has 0 aromatic heterocycles. The van der Waals surface area contributed by atoms with Crippen molar-refractivity contribution in [3.05, 3.63) is 0 Å². The fourth-order valence-electron chi connectivity index (χ4n) is 3.73. The molecule has 0 N–H and O–H groups in total. The van der Waals surface area contributed by atoms with E-state index in [0.717, 1.165) is 31.7 Å². The maximum Gasteiger partial charge on any atom is 0.469 e. The average molecular weight is 527 g/mol. The molecule has 0 aromatic rings. The van der Waals surface area contributed by atoms with Crippen LogP contribution in [0, 0.1) is 0 Å². The van der Waals surface area contributed by atoms with Crippen molar-refractivity contribution < 1.29 is 21.2 Å². The zero-order chi connectivity index (χ0) is 24.4. The summed E-state index contributed by atoms with van der Waals surface area (Å²) >= 11 is 0. The molecule has 0 bridgehead atoms. The average Bonchev–Trinajstić information content (AvgIpc) is 2.49. The summed E-state index contributed by atoms with van der Waals surface area (Å²) in [5, 5.41) is 0. The van der Waals surface area contributed by atoms with E-state index in [4.69, 9.17) is 21.2 Å². The largest absolute Gasteiger partial charge is 0.469 e. The molecule has 0 spiro atoms. The highest BCUT2D eigenvalue weighted by Gasteiger charge is 2.49. The molecule has 0 atom stereocenters. The van der Waals surface area contributed by atoms with Crippen molar-refractivity contribution >= 4 is 42.3 Å². The van der Waals surface area contributed by atoms with Crippen LogP contribution >= 0.6 is 0 Å². The third kappa shape index (κ3) is 17.0. The van der Waals surface area contributed by atoms with Gasteiger partial charge in [0.05, 0.1) is 0 Å². The smallest absolute Gasteiger partial charge is 0.417 e. The molecule has 0 aliphatic rings. The molecule has 0 aliphatic heterocycles. The standard InChI is InChI=1S/C21H54O5Si5/c1-13-22-30(12,23-14-2)20-18-16-15-17-19-21-31(24-27(3,4)5,25-28(6,7)8)26-29(9,10)11/h13-21H2,1-12H3. The van der Waals surface area contributed by atoms with Gasteiger partial charge < -0.3 is 21.2 Å². The Morgan fingerprint density at radius 3 is 1.10 bits per heavy atom. The molecule has 0 saturated carbocycles. The van der Waals surface area contributed by atoms with Crippen molar-refractivity contribution in [1.29, 1.82) is 0 Å². The lowest BCUT2D eigenvalue weighted by Crippen LogP contribution is -2.60. The van der Waals surface area contributed by atoms with Crippen molar-refractivity contribution in [2.45, 2.75) is 124 Å². The number of rotatable bonds is 18. The first-order chi connectivity index (χ1) is 13.9. The molecule has 0 aromatic carbocycles. The molecule has 0 saturated heterocycles. The molecule has 0 fully saturated rings. The summed E-state index contributed by atoms with van der Waals surface area (Å²) in [5.74, 6) is 0. The van der Waals surface area contributed by atoms with Crippen LogP contribution in [-0.4, -0.2) is 55.5 Å². The Morgan fingerprint density at radius 2 is 0.774 bits per heavy atom. The molecular formula is C21H54O5Si5. The first kappa shape index (κ1) is 31.9. The fourth-order valence-corrected chi connectivity index (χ4v) is 20.9. The van der Waals surface area contributed by atoms with E-state index in [2.05, 4.69) is 79.3 Å². The van der Waals surface area contributed by atoms with Crippen LogP contribution in [0.1, 0.15) is 46.0 Å². The molecule has 5 nitrogen and oxygen atoms in total. The molecule has 0 aliphatic carbocycles. The van der Waals surface area contributed by atoms with Crippen LogP contribution in [0.15, 0.2) is 0 Å². The maximum absolute atomic E-state index is 6.78. The van der Waals surface area contributed by atoms with Gasteiger partial charge >= 0.3 is 17.4 Å². The highest BCUT2D eigenvalue weighted by atomic mass is 28.5. The van der Waals surface area contributed by atoms with Crippen LogP contribution in [0.5, 0.6) is 0 Å². The minimum absolute atomic E-state index is 0.751. The lowest BCUT2D eigenvalue weighted by atomic mass is 10.2. The highest BCUT2D eigenvalue weighted by molar-refractivity contribution is 6.90. The summed E-state index contributed by atoms with van der Waals surface area (Å²) in [5.41, 5.74) is 0. The maximum atomic E-state index is 6.78. The van der Waals surface area contributed by atoms with E-state index in [1.807, 2.05) is 0 Å². The summed E-state index contributed by atoms with van der Waals surface area (Å²) < 4.78 is 32.3. The number of hydrogen-bond acceptors (Lipinski definition) is 5. The predicted molar refractivity (Wildman–Crippen MR) is 147 cm³/mol. The monoisotopic (exact) mass is 526 g/mol. The van der Waals surface area contributed by atoms with E-state index in [0.29, 0.717) is 0 Å². The van der Waals surface area contributed by atoms with Gasteiger partial charge in [0.25, 0.3) is 0 Å². The molecule has 188 valence electrons. The van der Waals surface area contributed by atoms with Gasteiger partial charge in [0.1, 0.15) is 0 Å². The van der Waals surface area contributed by atoms with Crippen LogP contribution in [0.25, 0.3) is 0 Å². The van der Waals surface area contributed by atoms with Gasteiger partial charge in [0.2, 0.25) is 0 Å². The van der Waals surface area contributed by atoms with E-state index in [9.17, 15) is 0 Å². The van der Waals surface area contributed by atoms with Crippen molar-refractivity contribution in [2.24, 2.45) is 0 Å². The second-order valence-electron chi connectivity index (χ2n) is 11.6. The van der Waals surface area contributed by atoms with E-state index in [1.165, 1.54) is 25.7 Å². The SMILES string of the molecule is CCO[Si](C)(CCCCCCC[Si](O[Si](C)(C)C)(O[Si](C)(C)C)O[Si](C)(C)C)OCC. The summed E-state index contributed by atoms with van der Waals surface area (Å²) in [6.45, 7) is 28.1. The second kappa shape index (κ2) is 13.7. The van der Waals surface area contributed by atoms with Crippen molar-refractivity contribution in [1.82, 2.24) is 0 Å². The minimum Gasteiger partial charge on any atom is -0.417 e. The van der Waals surface area contributed by atoms with Gasteiger partial charge in [0.15, 0.2) is 25.0 Å². The Hall–Kier alpha value is 0.884. The Labute approximate surface area is 199 Å². The topological polar surface area (TPSA) is 46.2 Å². The first-order valence-electron chi connectivity index (χ1n) is 12.3. The Balaban J connectivity index is 4.85. The van der Waals surface area contributed by atoms with Crippen LogP contribution in [0.2, 0.25) is 77.6 Å². The Bertz CT molecular complexity index is 439. The van der Waals surface area contributed by atoms with Gasteiger partial charge in [-0.1, -0.05) is 25.7 Å². The van der Waals surface area contributed by atoms with Crippen molar-refractivity contribution in [3.63, 3.8) is 0 Å². The second-order valence-corrected chi connectivity index (χ2v) is 31.9. The lowest BCUT2D eigenvalue weighted by Gasteiger charge is -2.43. The van der Waals surface area contributed by atoms with E-state index < -0.39 is 42.3 Å². The Morgan fingerprint density at radius 1 is 0.452 bits per heavy atom. The van der Waals surface area contributed by atoms with Crippen LogP contribution in [0.4, 0.5) is 0 Å².